The number of aromatic nitrogens is 3. The maximum Gasteiger partial charge on any atom is 0.247 e. The van der Waals surface area contributed by atoms with Crippen molar-refractivity contribution in [1.29, 1.82) is 0 Å². The quantitative estimate of drug-likeness (QED) is 0.278. The fraction of sp³-hybridized carbons (Fsp3) is 0.323. The summed E-state index contributed by atoms with van der Waals surface area (Å²) in [5, 5.41) is 7.62. The van der Waals surface area contributed by atoms with Gasteiger partial charge < -0.3 is 25.0 Å². The predicted octanol–water partition coefficient (Wildman–Crippen LogP) is 5.61. The standard InChI is InChI=1S/C31H37N7O/c1-6-29(39)33-25-20-24(21(2)19-28(25)37(5)18-17-36(3)4)35-31-32-15-14-23(34-31)30-22-11-7-8-12-26(22)38-16-10-9-13-27(30)38/h6-8,11-12,14-15,19-20H,1,9-10,13,16-18H2,2-5H3,(H,33,39)(H,32,34,35). The van der Waals surface area contributed by atoms with Gasteiger partial charge in [0.1, 0.15) is 0 Å². The molecule has 202 valence electrons. The van der Waals surface area contributed by atoms with Gasteiger partial charge in [-0.2, -0.15) is 0 Å². The van der Waals surface area contributed by atoms with E-state index in [-0.39, 0.29) is 5.91 Å². The average molecular weight is 524 g/mol. The molecule has 1 aliphatic rings. The van der Waals surface area contributed by atoms with Crippen LogP contribution in [-0.2, 0) is 17.8 Å². The zero-order valence-corrected chi connectivity index (χ0v) is 23.3. The molecular formula is C31H37N7O. The Labute approximate surface area is 230 Å². The molecule has 2 aromatic heterocycles. The Balaban J connectivity index is 1.50. The Morgan fingerprint density at radius 3 is 2.72 bits per heavy atom. The number of nitrogens with one attached hydrogen (secondary N) is 2. The van der Waals surface area contributed by atoms with Gasteiger partial charge in [0.2, 0.25) is 11.9 Å². The smallest absolute Gasteiger partial charge is 0.247 e. The number of nitrogens with zero attached hydrogens (tertiary/aromatic N) is 5. The van der Waals surface area contributed by atoms with E-state index in [0.717, 1.165) is 48.7 Å². The molecule has 0 radical (unpaired) electrons. The van der Waals surface area contributed by atoms with Crippen LogP contribution in [0.4, 0.5) is 23.0 Å². The van der Waals surface area contributed by atoms with Gasteiger partial charge >= 0.3 is 0 Å². The molecule has 1 aliphatic heterocycles. The van der Waals surface area contributed by atoms with Gasteiger partial charge in [0.25, 0.3) is 0 Å². The van der Waals surface area contributed by atoms with Gasteiger partial charge in [-0.3, -0.25) is 4.79 Å². The number of benzene rings is 2. The third-order valence-corrected chi connectivity index (χ3v) is 7.36. The Hall–Kier alpha value is -4.17. The summed E-state index contributed by atoms with van der Waals surface area (Å²) in [6.45, 7) is 8.41. The van der Waals surface area contributed by atoms with E-state index in [1.54, 1.807) is 0 Å². The first-order chi connectivity index (χ1) is 18.9. The molecule has 0 atom stereocenters. The van der Waals surface area contributed by atoms with E-state index >= 15 is 0 Å². The van der Waals surface area contributed by atoms with Crippen molar-refractivity contribution in [3.63, 3.8) is 0 Å². The summed E-state index contributed by atoms with van der Waals surface area (Å²) >= 11 is 0. The second-order valence-corrected chi connectivity index (χ2v) is 10.4. The highest BCUT2D eigenvalue weighted by Gasteiger charge is 2.22. The van der Waals surface area contributed by atoms with E-state index in [4.69, 9.17) is 4.98 Å². The maximum atomic E-state index is 12.3. The van der Waals surface area contributed by atoms with Crippen molar-refractivity contribution in [3.05, 3.63) is 72.6 Å². The van der Waals surface area contributed by atoms with Gasteiger partial charge in [0.05, 0.1) is 17.1 Å². The first-order valence-electron chi connectivity index (χ1n) is 13.5. The van der Waals surface area contributed by atoms with Crippen LogP contribution in [0.2, 0.25) is 0 Å². The fourth-order valence-corrected chi connectivity index (χ4v) is 5.30. The van der Waals surface area contributed by atoms with E-state index in [2.05, 4.69) is 66.9 Å². The summed E-state index contributed by atoms with van der Waals surface area (Å²) in [5.41, 5.74) is 8.24. The van der Waals surface area contributed by atoms with E-state index < -0.39 is 0 Å². The molecule has 8 nitrogen and oxygen atoms in total. The first kappa shape index (κ1) is 26.4. The van der Waals surface area contributed by atoms with Crippen LogP contribution < -0.4 is 15.5 Å². The monoisotopic (exact) mass is 523 g/mol. The van der Waals surface area contributed by atoms with Gasteiger partial charge in [-0.1, -0.05) is 24.8 Å². The van der Waals surface area contributed by atoms with Crippen LogP contribution in [0.15, 0.2) is 61.3 Å². The van der Waals surface area contributed by atoms with Crippen molar-refractivity contribution >= 4 is 39.8 Å². The summed E-state index contributed by atoms with van der Waals surface area (Å²) < 4.78 is 2.45. The molecule has 0 saturated carbocycles. The lowest BCUT2D eigenvalue weighted by molar-refractivity contribution is -0.111. The summed E-state index contributed by atoms with van der Waals surface area (Å²) in [4.78, 5) is 26.1. The fourth-order valence-electron chi connectivity index (χ4n) is 5.30. The number of amides is 1. The molecule has 0 spiro atoms. The number of hydrogen-bond donors (Lipinski definition) is 2. The molecule has 0 saturated heterocycles. The van der Waals surface area contributed by atoms with Crippen molar-refractivity contribution < 1.29 is 4.79 Å². The van der Waals surface area contributed by atoms with Crippen molar-refractivity contribution in [1.82, 2.24) is 19.4 Å². The van der Waals surface area contributed by atoms with E-state index in [0.29, 0.717) is 11.6 Å². The predicted molar refractivity (Wildman–Crippen MR) is 161 cm³/mol. The zero-order chi connectivity index (χ0) is 27.5. The van der Waals surface area contributed by atoms with E-state index in [1.165, 1.54) is 41.1 Å². The number of anilines is 4. The molecule has 39 heavy (non-hydrogen) atoms. The number of rotatable bonds is 9. The molecule has 2 N–H and O–H groups in total. The maximum absolute atomic E-state index is 12.3. The number of likely N-dealkylation sites (N-methyl/N-ethyl adjacent to an activating group) is 2. The summed E-state index contributed by atoms with van der Waals surface area (Å²) in [5.74, 6) is 0.265. The van der Waals surface area contributed by atoms with E-state index in [1.807, 2.05) is 46.4 Å². The number of fused-ring (bicyclic) bond motifs is 3. The number of aryl methyl sites for hydroxylation is 2. The van der Waals surface area contributed by atoms with Crippen LogP contribution in [0, 0.1) is 6.92 Å². The molecule has 1 amide bonds. The van der Waals surface area contributed by atoms with Crippen molar-refractivity contribution in [3.8, 4) is 11.3 Å². The second-order valence-electron chi connectivity index (χ2n) is 10.4. The van der Waals surface area contributed by atoms with Crippen LogP contribution in [0.5, 0.6) is 0 Å². The number of carbonyl (C=O) groups excluding carboxylic acids is 1. The van der Waals surface area contributed by atoms with Gasteiger partial charge in [-0.25, -0.2) is 9.97 Å². The molecule has 0 fully saturated rings. The highest BCUT2D eigenvalue weighted by Crippen LogP contribution is 2.38. The molecule has 8 heteroatoms. The Kier molecular flexibility index (Phi) is 7.65. The van der Waals surface area contributed by atoms with E-state index in [9.17, 15) is 4.79 Å². The van der Waals surface area contributed by atoms with Crippen LogP contribution in [0.1, 0.15) is 24.1 Å². The summed E-state index contributed by atoms with van der Waals surface area (Å²) in [6.07, 6.45) is 6.53. The SMILES string of the molecule is C=CC(=O)Nc1cc(Nc2nccc(-c3c4n(c5ccccc35)CCCC4)n2)c(C)cc1N(C)CCN(C)C. The summed E-state index contributed by atoms with van der Waals surface area (Å²) in [6, 6.07) is 14.6. The molecule has 0 aliphatic carbocycles. The van der Waals surface area contributed by atoms with Gasteiger partial charge in [0, 0.05) is 60.7 Å². The Morgan fingerprint density at radius 1 is 1.10 bits per heavy atom. The Bertz CT molecular complexity index is 1520. The van der Waals surface area contributed by atoms with Gasteiger partial charge in [-0.15, -0.1) is 0 Å². The normalized spacial score (nSPS) is 12.8. The van der Waals surface area contributed by atoms with Crippen LogP contribution in [0.25, 0.3) is 22.2 Å². The van der Waals surface area contributed by atoms with Crippen molar-refractivity contribution in [2.24, 2.45) is 0 Å². The first-order valence-corrected chi connectivity index (χ1v) is 13.5. The number of hydrogen-bond acceptors (Lipinski definition) is 6. The van der Waals surface area contributed by atoms with Crippen molar-refractivity contribution in [2.75, 3.05) is 49.8 Å². The molecule has 0 unspecified atom stereocenters. The largest absolute Gasteiger partial charge is 0.372 e. The molecule has 4 aromatic rings. The lowest BCUT2D eigenvalue weighted by Gasteiger charge is -2.25. The number of carbonyl (C=O) groups is 1. The average Bonchev–Trinajstić information content (AvgIpc) is 3.28. The van der Waals surface area contributed by atoms with Gasteiger partial charge in [0.15, 0.2) is 0 Å². The van der Waals surface area contributed by atoms with Crippen molar-refractivity contribution in [2.45, 2.75) is 32.7 Å². The van der Waals surface area contributed by atoms with Gasteiger partial charge in [-0.05, 0) is 76.2 Å². The molecule has 5 rings (SSSR count). The minimum Gasteiger partial charge on any atom is -0.372 e. The molecule has 0 bridgehead atoms. The topological polar surface area (TPSA) is 78.3 Å². The number of para-hydroxylation sites is 1. The molecule has 3 heterocycles. The highest BCUT2D eigenvalue weighted by molar-refractivity contribution is 6.02. The summed E-state index contributed by atoms with van der Waals surface area (Å²) in [7, 11) is 6.13. The van der Waals surface area contributed by atoms with Crippen LogP contribution >= 0.6 is 0 Å². The zero-order valence-electron chi connectivity index (χ0n) is 23.3. The lowest BCUT2D eigenvalue weighted by atomic mass is 10.0. The third kappa shape index (κ3) is 5.52. The minimum atomic E-state index is -0.254. The van der Waals surface area contributed by atoms with Crippen LogP contribution in [0.3, 0.4) is 0 Å². The third-order valence-electron chi connectivity index (χ3n) is 7.36. The Morgan fingerprint density at radius 2 is 1.92 bits per heavy atom. The second kappa shape index (κ2) is 11.3. The molecular weight excluding hydrogens is 486 g/mol. The lowest BCUT2D eigenvalue weighted by Crippen LogP contribution is -2.29. The highest BCUT2D eigenvalue weighted by atomic mass is 16.1. The molecule has 2 aromatic carbocycles. The van der Waals surface area contributed by atoms with Crippen LogP contribution in [-0.4, -0.2) is 59.6 Å². The minimum absolute atomic E-state index is 0.254.